The number of nitro benzene ring substituents is 1. The van der Waals surface area contributed by atoms with Gasteiger partial charge in [-0.05, 0) is 29.8 Å². The van der Waals surface area contributed by atoms with E-state index in [9.17, 15) is 14.9 Å². The molecule has 0 bridgehead atoms. The van der Waals surface area contributed by atoms with Crippen LogP contribution in [0.1, 0.15) is 16.1 Å². The molecule has 1 aliphatic heterocycles. The Morgan fingerprint density at radius 1 is 1.03 bits per heavy atom. The maximum Gasteiger partial charge on any atom is 0.274 e. The van der Waals surface area contributed by atoms with Gasteiger partial charge in [0.15, 0.2) is 12.4 Å². The van der Waals surface area contributed by atoms with Crippen LogP contribution in [-0.4, -0.2) is 56.6 Å². The summed E-state index contributed by atoms with van der Waals surface area (Å²) in [5.74, 6) is 0.129. The van der Waals surface area contributed by atoms with E-state index in [1.54, 1.807) is 23.2 Å². The van der Waals surface area contributed by atoms with Crippen LogP contribution in [0.3, 0.4) is 0 Å². The number of benzene rings is 2. The second-order valence-corrected chi connectivity index (χ2v) is 8.94. The topological polar surface area (TPSA) is 93.7 Å². The van der Waals surface area contributed by atoms with Gasteiger partial charge in [-0.15, -0.1) is 0 Å². The molecule has 9 nitrogen and oxygen atoms in total. The first-order chi connectivity index (χ1) is 16.3. The summed E-state index contributed by atoms with van der Waals surface area (Å²) in [6, 6.07) is 11.0. The molecule has 1 aromatic heterocycles. The number of hydrogen-bond donors (Lipinski definition) is 0. The molecule has 0 N–H and O–H groups in total. The predicted octanol–water partition coefficient (Wildman–Crippen LogP) is 4.75. The van der Waals surface area contributed by atoms with Crippen molar-refractivity contribution in [3.05, 3.63) is 85.1 Å². The lowest BCUT2D eigenvalue weighted by atomic mass is 10.2. The van der Waals surface area contributed by atoms with E-state index in [1.165, 1.54) is 22.9 Å². The first kappa shape index (κ1) is 24.3. The summed E-state index contributed by atoms with van der Waals surface area (Å²) in [6.07, 6.45) is 1.63. The average molecular weight is 525 g/mol. The molecule has 1 aliphatic rings. The van der Waals surface area contributed by atoms with Crippen molar-refractivity contribution in [2.24, 2.45) is 0 Å². The van der Waals surface area contributed by atoms with Crippen molar-refractivity contribution in [3.63, 3.8) is 0 Å². The number of piperazine rings is 1. The summed E-state index contributed by atoms with van der Waals surface area (Å²) < 4.78 is 7.04. The zero-order valence-electron chi connectivity index (χ0n) is 17.9. The van der Waals surface area contributed by atoms with E-state index < -0.39 is 4.92 Å². The minimum absolute atomic E-state index is 0.000437. The normalized spacial score (nSPS) is 14.3. The number of carbonyl (C=O) groups is 1. The predicted molar refractivity (Wildman–Crippen MR) is 129 cm³/mol. The highest BCUT2D eigenvalue weighted by Gasteiger charge is 2.24. The molecule has 1 saturated heterocycles. The number of carbonyl (C=O) groups excluding carboxylic acids is 1. The van der Waals surface area contributed by atoms with Gasteiger partial charge in [0, 0.05) is 61.1 Å². The maximum absolute atomic E-state index is 12.9. The summed E-state index contributed by atoms with van der Waals surface area (Å²) >= 11 is 18.3. The van der Waals surface area contributed by atoms with Crippen molar-refractivity contribution in [2.45, 2.75) is 13.3 Å². The molecule has 0 spiro atoms. The van der Waals surface area contributed by atoms with Gasteiger partial charge < -0.3 is 9.64 Å². The SMILES string of the molecule is O=C(c1ccn(COc2ccc([N+](=O)[O-])cc2Cl)n1)N1CCN(Cc2ccc(Cl)cc2Cl)CC1. The van der Waals surface area contributed by atoms with Gasteiger partial charge in [0.05, 0.1) is 9.95 Å². The number of nitro groups is 1. The Hall–Kier alpha value is -2.85. The smallest absolute Gasteiger partial charge is 0.274 e. The first-order valence-electron chi connectivity index (χ1n) is 10.4. The van der Waals surface area contributed by atoms with Gasteiger partial charge in [0.2, 0.25) is 0 Å². The zero-order valence-corrected chi connectivity index (χ0v) is 20.1. The zero-order chi connectivity index (χ0) is 24.2. The van der Waals surface area contributed by atoms with Crippen LogP contribution in [-0.2, 0) is 13.3 Å². The van der Waals surface area contributed by atoms with Gasteiger partial charge >= 0.3 is 0 Å². The Balaban J connectivity index is 1.29. The number of rotatable bonds is 7. The molecule has 34 heavy (non-hydrogen) atoms. The summed E-state index contributed by atoms with van der Waals surface area (Å²) in [4.78, 5) is 27.1. The van der Waals surface area contributed by atoms with E-state index in [0.717, 1.165) is 5.56 Å². The molecule has 1 amide bonds. The van der Waals surface area contributed by atoms with Gasteiger partial charge in [-0.1, -0.05) is 40.9 Å². The maximum atomic E-state index is 12.9. The van der Waals surface area contributed by atoms with Crippen LogP contribution < -0.4 is 4.74 Å². The van der Waals surface area contributed by atoms with E-state index in [-0.39, 0.29) is 29.1 Å². The van der Waals surface area contributed by atoms with Crippen LogP contribution >= 0.6 is 34.8 Å². The van der Waals surface area contributed by atoms with Crippen LogP contribution in [0.5, 0.6) is 5.75 Å². The summed E-state index contributed by atoms with van der Waals surface area (Å²) in [5, 5.41) is 16.5. The van der Waals surface area contributed by atoms with Crippen molar-refractivity contribution >= 4 is 46.4 Å². The molecule has 0 aliphatic carbocycles. The molecule has 1 fully saturated rings. The fourth-order valence-corrected chi connectivity index (χ4v) is 4.26. The Labute approximate surface area is 210 Å². The Bertz CT molecular complexity index is 1210. The van der Waals surface area contributed by atoms with E-state index in [1.807, 2.05) is 12.1 Å². The molecule has 0 unspecified atom stereocenters. The van der Waals surface area contributed by atoms with Gasteiger partial charge in [0.25, 0.3) is 11.6 Å². The molecule has 4 rings (SSSR count). The van der Waals surface area contributed by atoms with Crippen LogP contribution in [0, 0.1) is 10.1 Å². The molecule has 12 heteroatoms. The van der Waals surface area contributed by atoms with E-state index in [2.05, 4.69) is 10.00 Å². The third-order valence-electron chi connectivity index (χ3n) is 5.41. The number of ether oxygens (including phenoxy) is 1. The van der Waals surface area contributed by atoms with Gasteiger partial charge in [-0.2, -0.15) is 5.10 Å². The number of halogens is 3. The Morgan fingerprint density at radius 3 is 2.47 bits per heavy atom. The first-order valence-corrected chi connectivity index (χ1v) is 11.5. The molecule has 0 atom stereocenters. The highest BCUT2D eigenvalue weighted by Crippen LogP contribution is 2.29. The number of aromatic nitrogens is 2. The van der Waals surface area contributed by atoms with Crippen LogP contribution in [0.2, 0.25) is 15.1 Å². The monoisotopic (exact) mass is 523 g/mol. The van der Waals surface area contributed by atoms with Crippen LogP contribution in [0.15, 0.2) is 48.7 Å². The Kier molecular flexibility index (Phi) is 7.57. The summed E-state index contributed by atoms with van der Waals surface area (Å²) in [7, 11) is 0. The molecule has 3 aromatic rings. The molecular formula is C22H20Cl3N5O4. The lowest BCUT2D eigenvalue weighted by molar-refractivity contribution is -0.384. The summed E-state index contributed by atoms with van der Waals surface area (Å²) in [6.45, 7) is 3.27. The minimum atomic E-state index is -0.534. The third-order valence-corrected chi connectivity index (χ3v) is 6.29. The van der Waals surface area contributed by atoms with E-state index >= 15 is 0 Å². The van der Waals surface area contributed by atoms with Crippen molar-refractivity contribution in [2.75, 3.05) is 26.2 Å². The van der Waals surface area contributed by atoms with Crippen molar-refractivity contribution in [3.8, 4) is 5.75 Å². The third kappa shape index (κ3) is 5.79. The fourth-order valence-electron chi connectivity index (χ4n) is 3.57. The van der Waals surface area contributed by atoms with E-state index in [4.69, 9.17) is 39.5 Å². The summed E-state index contributed by atoms with van der Waals surface area (Å²) in [5.41, 5.74) is 1.19. The molecule has 0 saturated carbocycles. The number of amides is 1. The molecule has 2 heterocycles. The standard InChI is InChI=1S/C22H20Cl3N5O4/c23-16-2-1-15(18(24)11-16)13-27-7-9-28(10-8-27)22(31)20-5-6-29(26-20)14-34-21-4-3-17(30(32)33)12-19(21)25/h1-6,11-12H,7-10,13-14H2. The average Bonchev–Trinajstić information content (AvgIpc) is 3.29. The lowest BCUT2D eigenvalue weighted by Gasteiger charge is -2.34. The highest BCUT2D eigenvalue weighted by molar-refractivity contribution is 6.35. The lowest BCUT2D eigenvalue weighted by Crippen LogP contribution is -2.48. The van der Waals surface area contributed by atoms with Crippen LogP contribution in [0.25, 0.3) is 0 Å². The second kappa shape index (κ2) is 10.6. The number of non-ortho nitro benzene ring substituents is 1. The molecule has 178 valence electrons. The number of nitrogens with zero attached hydrogens (tertiary/aromatic N) is 5. The van der Waals surface area contributed by atoms with Crippen molar-refractivity contribution in [1.29, 1.82) is 0 Å². The Morgan fingerprint density at radius 2 is 1.79 bits per heavy atom. The van der Waals surface area contributed by atoms with Crippen LogP contribution in [0.4, 0.5) is 5.69 Å². The largest absolute Gasteiger partial charge is 0.470 e. The van der Waals surface area contributed by atoms with Gasteiger partial charge in [-0.25, -0.2) is 4.68 Å². The fraction of sp³-hybridized carbons (Fsp3) is 0.273. The molecule has 0 radical (unpaired) electrons. The highest BCUT2D eigenvalue weighted by atomic mass is 35.5. The quantitative estimate of drug-likeness (QED) is 0.327. The minimum Gasteiger partial charge on any atom is -0.470 e. The number of hydrogen-bond acceptors (Lipinski definition) is 6. The van der Waals surface area contributed by atoms with E-state index in [0.29, 0.717) is 48.5 Å². The molecule has 2 aromatic carbocycles. The molecular weight excluding hydrogens is 505 g/mol. The van der Waals surface area contributed by atoms with Crippen molar-refractivity contribution in [1.82, 2.24) is 19.6 Å². The van der Waals surface area contributed by atoms with Gasteiger partial charge in [-0.3, -0.25) is 19.8 Å². The van der Waals surface area contributed by atoms with Crippen molar-refractivity contribution < 1.29 is 14.5 Å². The van der Waals surface area contributed by atoms with Gasteiger partial charge in [0.1, 0.15) is 5.75 Å². The second-order valence-electron chi connectivity index (χ2n) is 7.69.